The summed E-state index contributed by atoms with van der Waals surface area (Å²) in [6, 6.07) is 9.17. The molecule has 5 nitrogen and oxygen atoms in total. The van der Waals surface area contributed by atoms with Crippen LogP contribution < -0.4 is 10.9 Å². The van der Waals surface area contributed by atoms with Gasteiger partial charge in [0.2, 0.25) is 0 Å². The molecule has 1 atom stereocenters. The first-order valence-electron chi connectivity index (χ1n) is 6.16. The zero-order valence-corrected chi connectivity index (χ0v) is 10.6. The molecule has 2 rings (SSSR count). The van der Waals surface area contributed by atoms with E-state index in [1.54, 1.807) is 6.07 Å². The van der Waals surface area contributed by atoms with Crippen LogP contribution in [0.1, 0.15) is 19.8 Å². The molecule has 0 bridgehead atoms. The van der Waals surface area contributed by atoms with Gasteiger partial charge in [0, 0.05) is 17.8 Å². The van der Waals surface area contributed by atoms with Gasteiger partial charge in [0.25, 0.3) is 5.56 Å². The molecule has 0 saturated heterocycles. The number of nitrogens with one attached hydrogen (secondary N) is 2. The number of H-pyrrole nitrogens is 1. The molecule has 1 aromatic carbocycles. The molecule has 100 valence electrons. The van der Waals surface area contributed by atoms with Gasteiger partial charge in [-0.25, -0.2) is 0 Å². The zero-order valence-electron chi connectivity index (χ0n) is 10.6. The van der Waals surface area contributed by atoms with Gasteiger partial charge in [-0.15, -0.1) is 0 Å². The van der Waals surface area contributed by atoms with Crippen molar-refractivity contribution in [2.45, 2.75) is 25.8 Å². The van der Waals surface area contributed by atoms with Crippen molar-refractivity contribution >= 4 is 22.6 Å². The molecular weight excluding hydrogens is 244 g/mol. The Hall–Kier alpha value is -2.30. The van der Waals surface area contributed by atoms with Crippen LogP contribution >= 0.6 is 0 Å². The fourth-order valence-electron chi connectivity index (χ4n) is 1.97. The lowest BCUT2D eigenvalue weighted by atomic mass is 10.1. The van der Waals surface area contributed by atoms with Crippen molar-refractivity contribution in [2.75, 3.05) is 5.32 Å². The van der Waals surface area contributed by atoms with E-state index >= 15 is 0 Å². The summed E-state index contributed by atoms with van der Waals surface area (Å²) in [6.45, 7) is 1.89. The highest BCUT2D eigenvalue weighted by atomic mass is 16.4. The number of carboxylic acids is 1. The summed E-state index contributed by atoms with van der Waals surface area (Å²) < 4.78 is 0. The maximum absolute atomic E-state index is 11.9. The Labute approximate surface area is 110 Å². The van der Waals surface area contributed by atoms with E-state index in [9.17, 15) is 9.59 Å². The van der Waals surface area contributed by atoms with Gasteiger partial charge in [-0.2, -0.15) is 0 Å². The second-order valence-electron chi connectivity index (χ2n) is 4.58. The molecule has 0 aliphatic heterocycles. The number of benzene rings is 1. The van der Waals surface area contributed by atoms with Gasteiger partial charge in [0.15, 0.2) is 0 Å². The number of carbonyl (C=O) groups is 1. The van der Waals surface area contributed by atoms with Gasteiger partial charge >= 0.3 is 5.97 Å². The number of rotatable bonds is 5. The van der Waals surface area contributed by atoms with Crippen molar-refractivity contribution in [1.29, 1.82) is 0 Å². The van der Waals surface area contributed by atoms with Crippen LogP contribution in [0.4, 0.5) is 5.82 Å². The Balaban J connectivity index is 2.17. The normalized spacial score (nSPS) is 12.3. The van der Waals surface area contributed by atoms with E-state index in [4.69, 9.17) is 5.11 Å². The second kappa shape index (κ2) is 5.56. The highest BCUT2D eigenvalue weighted by molar-refractivity contribution is 5.83. The third-order valence-electron chi connectivity index (χ3n) is 2.95. The molecule has 1 heterocycles. The molecule has 0 fully saturated rings. The third-order valence-corrected chi connectivity index (χ3v) is 2.95. The number of aliphatic carboxylic acids is 1. The van der Waals surface area contributed by atoms with Crippen LogP contribution in [0.25, 0.3) is 10.8 Å². The number of fused-ring (bicyclic) bond motifs is 1. The maximum Gasteiger partial charge on any atom is 0.303 e. The van der Waals surface area contributed by atoms with Gasteiger partial charge in [-0.3, -0.25) is 9.59 Å². The minimum absolute atomic E-state index is 0.0205. The summed E-state index contributed by atoms with van der Waals surface area (Å²) in [7, 11) is 0. The standard InChI is InChI=1S/C14H16N2O3/c1-9(6-7-13(17)18)15-12-8-10-4-2-3-5-11(10)14(19)16-12/h2-5,8-9H,6-7H2,1H3,(H,17,18)(H2,15,16,19). The van der Waals surface area contributed by atoms with E-state index in [-0.39, 0.29) is 18.0 Å². The Morgan fingerprint density at radius 3 is 2.89 bits per heavy atom. The number of anilines is 1. The first-order valence-corrected chi connectivity index (χ1v) is 6.16. The Kier molecular flexibility index (Phi) is 3.85. The summed E-state index contributed by atoms with van der Waals surface area (Å²) >= 11 is 0. The lowest BCUT2D eigenvalue weighted by Gasteiger charge is -2.14. The highest BCUT2D eigenvalue weighted by Crippen LogP contribution is 2.14. The fourth-order valence-corrected chi connectivity index (χ4v) is 1.97. The van der Waals surface area contributed by atoms with E-state index in [2.05, 4.69) is 10.3 Å². The smallest absolute Gasteiger partial charge is 0.303 e. The molecule has 2 aromatic rings. The van der Waals surface area contributed by atoms with Gasteiger partial charge in [-0.1, -0.05) is 18.2 Å². The molecule has 0 spiro atoms. The molecule has 1 unspecified atom stereocenters. The van der Waals surface area contributed by atoms with Gasteiger partial charge in [0.1, 0.15) is 5.82 Å². The monoisotopic (exact) mass is 260 g/mol. The summed E-state index contributed by atoms with van der Waals surface area (Å²) in [5.41, 5.74) is -0.147. The average molecular weight is 260 g/mol. The summed E-state index contributed by atoms with van der Waals surface area (Å²) in [6.07, 6.45) is 0.607. The number of aromatic nitrogens is 1. The molecule has 19 heavy (non-hydrogen) atoms. The van der Waals surface area contributed by atoms with Gasteiger partial charge in [-0.05, 0) is 30.9 Å². The molecular formula is C14H16N2O3. The Morgan fingerprint density at radius 1 is 1.42 bits per heavy atom. The minimum atomic E-state index is -0.819. The molecule has 0 saturated carbocycles. The molecule has 0 aliphatic rings. The Bertz CT molecular complexity index is 648. The van der Waals surface area contributed by atoms with Crippen molar-refractivity contribution in [1.82, 2.24) is 4.98 Å². The quantitative estimate of drug-likeness (QED) is 0.769. The van der Waals surface area contributed by atoms with Crippen LogP contribution in [0.2, 0.25) is 0 Å². The van der Waals surface area contributed by atoms with E-state index in [1.807, 2.05) is 31.2 Å². The van der Waals surface area contributed by atoms with E-state index in [0.29, 0.717) is 17.6 Å². The van der Waals surface area contributed by atoms with Crippen molar-refractivity contribution in [3.05, 3.63) is 40.7 Å². The second-order valence-corrected chi connectivity index (χ2v) is 4.58. The van der Waals surface area contributed by atoms with E-state index in [0.717, 1.165) is 5.39 Å². The Morgan fingerprint density at radius 2 is 2.16 bits per heavy atom. The summed E-state index contributed by atoms with van der Waals surface area (Å²) in [5, 5.41) is 13.2. The topological polar surface area (TPSA) is 82.2 Å². The van der Waals surface area contributed by atoms with Crippen LogP contribution in [-0.2, 0) is 4.79 Å². The predicted molar refractivity (Wildman–Crippen MR) is 74.5 cm³/mol. The van der Waals surface area contributed by atoms with Crippen LogP contribution in [0.3, 0.4) is 0 Å². The van der Waals surface area contributed by atoms with E-state index in [1.165, 1.54) is 0 Å². The van der Waals surface area contributed by atoms with Crippen LogP contribution in [0.15, 0.2) is 35.1 Å². The van der Waals surface area contributed by atoms with Crippen molar-refractivity contribution in [3.63, 3.8) is 0 Å². The predicted octanol–water partition coefficient (Wildman–Crippen LogP) is 2.19. The molecule has 0 aliphatic carbocycles. The van der Waals surface area contributed by atoms with Crippen LogP contribution in [0.5, 0.6) is 0 Å². The van der Waals surface area contributed by atoms with Crippen molar-refractivity contribution in [2.24, 2.45) is 0 Å². The van der Waals surface area contributed by atoms with Crippen molar-refractivity contribution in [3.8, 4) is 0 Å². The largest absolute Gasteiger partial charge is 0.481 e. The molecule has 3 N–H and O–H groups in total. The summed E-state index contributed by atoms with van der Waals surface area (Å²) in [4.78, 5) is 25.1. The molecule has 1 aromatic heterocycles. The number of aromatic amines is 1. The highest BCUT2D eigenvalue weighted by Gasteiger charge is 2.07. The fraction of sp³-hybridized carbons (Fsp3) is 0.286. The SMILES string of the molecule is CC(CCC(=O)O)Nc1cc2ccccc2c(=O)[nH]1. The summed E-state index contributed by atoms with van der Waals surface area (Å²) in [5.74, 6) is -0.206. The number of hydrogen-bond donors (Lipinski definition) is 3. The maximum atomic E-state index is 11.9. The third kappa shape index (κ3) is 3.34. The van der Waals surface area contributed by atoms with Crippen LogP contribution in [-0.4, -0.2) is 22.1 Å². The zero-order chi connectivity index (χ0) is 13.8. The van der Waals surface area contributed by atoms with Crippen LogP contribution in [0, 0.1) is 0 Å². The van der Waals surface area contributed by atoms with Crippen molar-refractivity contribution < 1.29 is 9.90 Å². The first kappa shape index (κ1) is 13.1. The lowest BCUT2D eigenvalue weighted by Crippen LogP contribution is -2.19. The average Bonchev–Trinajstić information content (AvgIpc) is 2.36. The number of hydrogen-bond acceptors (Lipinski definition) is 3. The van der Waals surface area contributed by atoms with Gasteiger partial charge in [0.05, 0.1) is 0 Å². The molecule has 0 amide bonds. The number of carboxylic acid groups (broad SMARTS) is 1. The lowest BCUT2D eigenvalue weighted by molar-refractivity contribution is -0.137. The molecule has 0 radical (unpaired) electrons. The molecule has 5 heteroatoms. The van der Waals surface area contributed by atoms with E-state index < -0.39 is 5.97 Å². The number of pyridine rings is 1. The first-order chi connectivity index (χ1) is 9.06. The minimum Gasteiger partial charge on any atom is -0.481 e. The van der Waals surface area contributed by atoms with Gasteiger partial charge < -0.3 is 15.4 Å².